The molecular weight excluding hydrogens is 312 g/mol. The Morgan fingerprint density at radius 2 is 2.38 bits per heavy atom. The molecule has 8 nitrogen and oxygen atoms in total. The van der Waals surface area contributed by atoms with Gasteiger partial charge in [0.1, 0.15) is 17.6 Å². The van der Waals surface area contributed by atoms with E-state index >= 15 is 0 Å². The number of carbonyl (C=O) groups is 1. The van der Waals surface area contributed by atoms with E-state index in [4.69, 9.17) is 13.9 Å². The third-order valence-electron chi connectivity index (χ3n) is 4.08. The Labute approximate surface area is 140 Å². The van der Waals surface area contributed by atoms with Gasteiger partial charge in [-0.1, -0.05) is 0 Å². The number of oxazole rings is 1. The highest BCUT2D eigenvalue weighted by Gasteiger charge is 2.33. The average molecular weight is 334 g/mol. The molecule has 0 unspecified atom stereocenters. The molecule has 130 valence electrons. The highest BCUT2D eigenvalue weighted by Crippen LogP contribution is 2.33. The van der Waals surface area contributed by atoms with Crippen molar-refractivity contribution in [1.82, 2.24) is 19.9 Å². The number of nitrogens with one attached hydrogen (secondary N) is 1. The maximum absolute atomic E-state index is 12.2. The van der Waals surface area contributed by atoms with Crippen LogP contribution in [0.3, 0.4) is 0 Å². The number of imidazole rings is 1. The zero-order valence-electron chi connectivity index (χ0n) is 14.1. The minimum absolute atomic E-state index is 0.0170. The molecule has 24 heavy (non-hydrogen) atoms. The second-order valence-electron chi connectivity index (χ2n) is 5.77. The summed E-state index contributed by atoms with van der Waals surface area (Å²) in [5.74, 6) is 0.991. The summed E-state index contributed by atoms with van der Waals surface area (Å²) < 4.78 is 18.4. The molecule has 3 heterocycles. The van der Waals surface area contributed by atoms with E-state index in [0.717, 1.165) is 12.2 Å². The van der Waals surface area contributed by atoms with Crippen LogP contribution in [0.25, 0.3) is 0 Å². The smallest absolute Gasteiger partial charge is 0.308 e. The summed E-state index contributed by atoms with van der Waals surface area (Å²) in [5.41, 5.74) is 0.567. The third-order valence-corrected chi connectivity index (χ3v) is 4.08. The largest absolute Gasteiger partial charge is 0.464 e. The number of rotatable bonds is 6. The van der Waals surface area contributed by atoms with Gasteiger partial charge in [-0.05, 0) is 20.3 Å². The molecular formula is C16H22N4O4. The van der Waals surface area contributed by atoms with E-state index in [9.17, 15) is 4.79 Å². The summed E-state index contributed by atoms with van der Waals surface area (Å²) in [5, 5.41) is 2.87. The van der Waals surface area contributed by atoms with Gasteiger partial charge >= 0.3 is 11.9 Å². The molecule has 1 saturated heterocycles. The van der Waals surface area contributed by atoms with Gasteiger partial charge in [0.2, 0.25) is 0 Å². The minimum Gasteiger partial charge on any atom is -0.464 e. The van der Waals surface area contributed by atoms with Crippen LogP contribution in [0.1, 0.15) is 41.7 Å². The Kier molecular flexibility index (Phi) is 4.84. The number of hydrogen-bond acceptors (Lipinski definition) is 6. The van der Waals surface area contributed by atoms with Gasteiger partial charge in [-0.3, -0.25) is 4.79 Å². The first-order valence-corrected chi connectivity index (χ1v) is 8.07. The molecule has 2 atom stereocenters. The van der Waals surface area contributed by atoms with Crippen LogP contribution in [-0.4, -0.2) is 40.2 Å². The Morgan fingerprint density at radius 1 is 1.54 bits per heavy atom. The van der Waals surface area contributed by atoms with Gasteiger partial charge < -0.3 is 23.8 Å². The fraction of sp³-hybridized carbons (Fsp3) is 0.562. The van der Waals surface area contributed by atoms with E-state index < -0.39 is 0 Å². The molecule has 1 fully saturated rings. The molecule has 8 heteroatoms. The molecule has 1 aliphatic heterocycles. The molecule has 1 aliphatic rings. The topological polar surface area (TPSA) is 91.4 Å². The van der Waals surface area contributed by atoms with Crippen molar-refractivity contribution in [2.24, 2.45) is 13.0 Å². The number of nitrogens with zero attached hydrogens (tertiary/aromatic N) is 3. The summed E-state index contributed by atoms with van der Waals surface area (Å²) in [7, 11) is 1.93. The lowest BCUT2D eigenvalue weighted by atomic mass is 10.0. The maximum atomic E-state index is 12.2. The van der Waals surface area contributed by atoms with Crippen LogP contribution < -0.4 is 10.1 Å². The summed E-state index contributed by atoms with van der Waals surface area (Å²) in [6.07, 6.45) is 4.39. The molecule has 2 aromatic rings. The van der Waals surface area contributed by atoms with E-state index in [1.807, 2.05) is 24.7 Å². The van der Waals surface area contributed by atoms with Crippen LogP contribution in [0, 0.1) is 12.8 Å². The molecule has 0 spiro atoms. The van der Waals surface area contributed by atoms with Crippen molar-refractivity contribution in [2.75, 3.05) is 19.8 Å². The first-order valence-electron chi connectivity index (χ1n) is 8.07. The van der Waals surface area contributed by atoms with E-state index in [-0.39, 0.29) is 29.8 Å². The molecule has 1 N–H and O–H groups in total. The van der Waals surface area contributed by atoms with Crippen LogP contribution in [-0.2, 0) is 11.8 Å². The second kappa shape index (κ2) is 7.04. The third kappa shape index (κ3) is 3.28. The first-order chi connectivity index (χ1) is 11.6. The lowest BCUT2D eigenvalue weighted by Crippen LogP contribution is -2.31. The van der Waals surface area contributed by atoms with E-state index in [1.165, 1.54) is 0 Å². The Hall–Kier alpha value is -2.35. The van der Waals surface area contributed by atoms with Gasteiger partial charge in [0.15, 0.2) is 0 Å². The highest BCUT2D eigenvalue weighted by atomic mass is 16.6. The molecule has 0 aliphatic carbocycles. The Balaban J connectivity index is 1.61. The maximum Gasteiger partial charge on any atom is 0.308 e. The number of carbonyl (C=O) groups excluding carboxylic acids is 1. The Morgan fingerprint density at radius 3 is 3.08 bits per heavy atom. The molecule has 0 bridgehead atoms. The zero-order chi connectivity index (χ0) is 17.1. The molecule has 0 saturated carbocycles. The van der Waals surface area contributed by atoms with Crippen molar-refractivity contribution in [2.45, 2.75) is 26.4 Å². The minimum atomic E-state index is -0.352. The normalized spacial score (nSPS) is 20.3. The number of amides is 1. The van der Waals surface area contributed by atoms with Crippen molar-refractivity contribution >= 4 is 5.91 Å². The van der Waals surface area contributed by atoms with Gasteiger partial charge in [0.05, 0.1) is 6.61 Å². The molecule has 0 radical (unpaired) electrons. The van der Waals surface area contributed by atoms with E-state index in [0.29, 0.717) is 25.5 Å². The predicted molar refractivity (Wildman–Crippen MR) is 84.8 cm³/mol. The monoisotopic (exact) mass is 334 g/mol. The lowest BCUT2D eigenvalue weighted by molar-refractivity contribution is 0.0767. The summed E-state index contributed by atoms with van der Waals surface area (Å²) in [6.45, 7) is 5.18. The van der Waals surface area contributed by atoms with Crippen molar-refractivity contribution in [3.05, 3.63) is 29.8 Å². The average Bonchev–Trinajstić information content (AvgIpc) is 3.26. The SMILES string of the molecule is CCOc1oc(C(=O)NC[C@@H]2CCO[C@H]2c2nccn2C)nc1C. The van der Waals surface area contributed by atoms with Gasteiger partial charge in [-0.2, -0.15) is 0 Å². The summed E-state index contributed by atoms with van der Waals surface area (Å²) in [4.78, 5) is 20.7. The van der Waals surface area contributed by atoms with Crippen LogP contribution >= 0.6 is 0 Å². The standard InChI is InChI=1S/C16H22N4O4/c1-4-22-16-10(2)19-15(24-16)14(21)18-9-11-5-8-23-12(11)13-17-6-7-20(13)3/h6-7,11-12H,4-5,8-9H2,1-3H3,(H,18,21)/t11-,12+/m0/s1. The number of aryl methyl sites for hydroxylation is 2. The zero-order valence-corrected chi connectivity index (χ0v) is 14.1. The lowest BCUT2D eigenvalue weighted by Gasteiger charge is -2.18. The van der Waals surface area contributed by atoms with Crippen LogP contribution in [0.4, 0.5) is 0 Å². The number of ether oxygens (including phenoxy) is 2. The number of hydrogen-bond donors (Lipinski definition) is 1. The van der Waals surface area contributed by atoms with E-state index in [1.54, 1.807) is 13.1 Å². The van der Waals surface area contributed by atoms with Gasteiger partial charge in [0, 0.05) is 38.5 Å². The van der Waals surface area contributed by atoms with Crippen LogP contribution in [0.5, 0.6) is 5.95 Å². The predicted octanol–water partition coefficient (Wildman–Crippen LogP) is 1.62. The first kappa shape index (κ1) is 16.5. The Bertz CT molecular complexity index is 709. The summed E-state index contributed by atoms with van der Waals surface area (Å²) >= 11 is 0. The fourth-order valence-electron chi connectivity index (χ4n) is 2.82. The molecule has 3 rings (SSSR count). The van der Waals surface area contributed by atoms with Crippen LogP contribution in [0.2, 0.25) is 0 Å². The quantitative estimate of drug-likeness (QED) is 0.863. The van der Waals surface area contributed by atoms with Crippen molar-refractivity contribution in [3.8, 4) is 5.95 Å². The van der Waals surface area contributed by atoms with Gasteiger partial charge in [-0.25, -0.2) is 9.97 Å². The molecule has 2 aromatic heterocycles. The van der Waals surface area contributed by atoms with Gasteiger partial charge in [-0.15, -0.1) is 0 Å². The highest BCUT2D eigenvalue weighted by molar-refractivity contribution is 5.89. The van der Waals surface area contributed by atoms with E-state index in [2.05, 4.69) is 15.3 Å². The second-order valence-corrected chi connectivity index (χ2v) is 5.77. The summed E-state index contributed by atoms with van der Waals surface area (Å²) in [6, 6.07) is 0. The fourth-order valence-corrected chi connectivity index (χ4v) is 2.82. The van der Waals surface area contributed by atoms with Crippen molar-refractivity contribution in [1.29, 1.82) is 0 Å². The molecule has 1 amide bonds. The van der Waals surface area contributed by atoms with Crippen molar-refractivity contribution in [3.63, 3.8) is 0 Å². The molecule has 0 aromatic carbocycles. The van der Waals surface area contributed by atoms with Crippen molar-refractivity contribution < 1.29 is 18.7 Å². The van der Waals surface area contributed by atoms with Crippen LogP contribution in [0.15, 0.2) is 16.8 Å². The number of aromatic nitrogens is 3. The van der Waals surface area contributed by atoms with Gasteiger partial charge in [0.25, 0.3) is 5.89 Å².